The maximum absolute atomic E-state index is 12.4. The van der Waals surface area contributed by atoms with Crippen molar-refractivity contribution in [2.45, 2.75) is 19.9 Å². The first-order valence-corrected chi connectivity index (χ1v) is 8.40. The average Bonchev–Trinajstić information content (AvgIpc) is 2.65. The highest BCUT2D eigenvalue weighted by Crippen LogP contribution is 2.31. The molecule has 0 radical (unpaired) electrons. The van der Waals surface area contributed by atoms with Crippen LogP contribution in [0.3, 0.4) is 0 Å². The van der Waals surface area contributed by atoms with Crippen LogP contribution in [0.1, 0.15) is 24.1 Å². The van der Waals surface area contributed by atoms with Crippen molar-refractivity contribution in [2.75, 3.05) is 12.4 Å². The fourth-order valence-corrected chi connectivity index (χ4v) is 2.50. The maximum atomic E-state index is 12.4. The number of carbonyl (C=O) groups excluding carboxylic acids is 1. The fraction of sp³-hybridized carbons (Fsp3) is 0.200. The van der Waals surface area contributed by atoms with Crippen LogP contribution >= 0.6 is 11.6 Å². The molecule has 0 saturated carbocycles. The third-order valence-electron chi connectivity index (χ3n) is 3.87. The Labute approximate surface area is 158 Å². The Morgan fingerprint density at radius 2 is 2.00 bits per heavy atom. The average molecular weight is 370 g/mol. The minimum atomic E-state index is -0.457. The number of methoxy groups -OCH3 is 1. The van der Waals surface area contributed by atoms with E-state index in [1.54, 1.807) is 12.1 Å². The van der Waals surface area contributed by atoms with Crippen molar-refractivity contribution >= 4 is 23.2 Å². The molecular formula is C20H20ClN3O2. The molecule has 0 bridgehead atoms. The normalized spacial score (nSPS) is 12.0. The fourth-order valence-electron chi connectivity index (χ4n) is 2.34. The van der Waals surface area contributed by atoms with Gasteiger partial charge in [-0.05, 0) is 31.0 Å². The minimum absolute atomic E-state index is 0.0394. The Morgan fingerprint density at radius 3 is 2.62 bits per heavy atom. The van der Waals surface area contributed by atoms with E-state index in [9.17, 15) is 10.1 Å². The molecule has 2 N–H and O–H groups in total. The Kier molecular flexibility index (Phi) is 6.65. The summed E-state index contributed by atoms with van der Waals surface area (Å²) < 4.78 is 5.27. The Balaban J connectivity index is 2.14. The molecule has 5 nitrogen and oxygen atoms in total. The highest BCUT2D eigenvalue weighted by Gasteiger charge is 2.14. The van der Waals surface area contributed by atoms with Gasteiger partial charge < -0.3 is 15.4 Å². The Hall–Kier alpha value is -2.97. The van der Waals surface area contributed by atoms with E-state index < -0.39 is 5.91 Å². The topological polar surface area (TPSA) is 74.1 Å². The summed E-state index contributed by atoms with van der Waals surface area (Å²) in [5, 5.41) is 15.6. The molecule has 2 aromatic carbocycles. The van der Waals surface area contributed by atoms with E-state index >= 15 is 0 Å². The van der Waals surface area contributed by atoms with Crippen LogP contribution in [0.2, 0.25) is 5.02 Å². The molecule has 2 rings (SSSR count). The number of nitriles is 1. The van der Waals surface area contributed by atoms with E-state index in [4.69, 9.17) is 16.3 Å². The Bertz CT molecular complexity index is 857. The van der Waals surface area contributed by atoms with Crippen LogP contribution in [0.15, 0.2) is 54.2 Å². The number of aryl methyl sites for hydroxylation is 1. The number of halogens is 1. The van der Waals surface area contributed by atoms with Gasteiger partial charge in [0.25, 0.3) is 5.91 Å². The van der Waals surface area contributed by atoms with Gasteiger partial charge in [-0.3, -0.25) is 4.79 Å². The lowest BCUT2D eigenvalue weighted by atomic mass is 10.1. The van der Waals surface area contributed by atoms with E-state index in [0.717, 1.165) is 11.1 Å². The molecule has 2 aromatic rings. The van der Waals surface area contributed by atoms with Crippen LogP contribution in [0.25, 0.3) is 0 Å². The van der Waals surface area contributed by atoms with Crippen LogP contribution < -0.4 is 15.4 Å². The standard InChI is InChI=1S/C20H20ClN3O2/c1-13-9-18(19(26-3)10-17(13)21)23-12-16(11-22)20(25)24-14(2)15-7-5-4-6-8-15/h4-10,12,14,23H,1-3H3,(H,24,25)/b16-12-. The number of benzene rings is 2. The number of hydrogen-bond acceptors (Lipinski definition) is 4. The third kappa shape index (κ3) is 4.78. The summed E-state index contributed by atoms with van der Waals surface area (Å²) in [6.45, 7) is 3.72. The highest BCUT2D eigenvalue weighted by atomic mass is 35.5. The van der Waals surface area contributed by atoms with Crippen molar-refractivity contribution < 1.29 is 9.53 Å². The molecule has 26 heavy (non-hydrogen) atoms. The summed E-state index contributed by atoms with van der Waals surface area (Å²) in [4.78, 5) is 12.4. The number of nitrogens with one attached hydrogen (secondary N) is 2. The van der Waals surface area contributed by atoms with Crippen molar-refractivity contribution in [1.82, 2.24) is 5.32 Å². The molecule has 0 fully saturated rings. The zero-order valence-corrected chi connectivity index (χ0v) is 15.6. The second-order valence-electron chi connectivity index (χ2n) is 5.72. The van der Waals surface area contributed by atoms with Gasteiger partial charge in [0, 0.05) is 17.3 Å². The van der Waals surface area contributed by atoms with Gasteiger partial charge in [0.1, 0.15) is 17.4 Å². The first-order chi connectivity index (χ1) is 12.5. The first kappa shape index (κ1) is 19.4. The van der Waals surface area contributed by atoms with Crippen molar-refractivity contribution in [3.63, 3.8) is 0 Å². The minimum Gasteiger partial charge on any atom is -0.495 e. The monoisotopic (exact) mass is 369 g/mol. The molecule has 134 valence electrons. The smallest absolute Gasteiger partial charge is 0.263 e. The molecule has 1 amide bonds. The second kappa shape index (κ2) is 8.93. The summed E-state index contributed by atoms with van der Waals surface area (Å²) >= 11 is 6.08. The lowest BCUT2D eigenvalue weighted by molar-refractivity contribution is -0.117. The molecule has 0 aliphatic heterocycles. The van der Waals surface area contributed by atoms with Crippen molar-refractivity contribution in [3.8, 4) is 11.8 Å². The predicted molar refractivity (Wildman–Crippen MR) is 103 cm³/mol. The van der Waals surface area contributed by atoms with Crippen molar-refractivity contribution in [3.05, 3.63) is 70.4 Å². The van der Waals surface area contributed by atoms with Gasteiger partial charge in [0.2, 0.25) is 0 Å². The van der Waals surface area contributed by atoms with Crippen molar-refractivity contribution in [2.24, 2.45) is 0 Å². The number of ether oxygens (including phenoxy) is 1. The van der Waals surface area contributed by atoms with Gasteiger partial charge in [0.05, 0.1) is 18.8 Å². The molecule has 0 aliphatic rings. The van der Waals surface area contributed by atoms with Crippen LogP contribution in [-0.4, -0.2) is 13.0 Å². The van der Waals surface area contributed by atoms with Crippen LogP contribution in [-0.2, 0) is 4.79 Å². The largest absolute Gasteiger partial charge is 0.495 e. The zero-order chi connectivity index (χ0) is 19.1. The molecule has 0 spiro atoms. The first-order valence-electron chi connectivity index (χ1n) is 8.03. The number of nitrogens with zero attached hydrogens (tertiary/aromatic N) is 1. The Morgan fingerprint density at radius 1 is 1.31 bits per heavy atom. The van der Waals surface area contributed by atoms with E-state index in [2.05, 4.69) is 10.6 Å². The predicted octanol–water partition coefficient (Wildman–Crippen LogP) is 4.35. The molecule has 6 heteroatoms. The number of amides is 1. The van der Waals surface area contributed by atoms with Crippen molar-refractivity contribution in [1.29, 1.82) is 5.26 Å². The lowest BCUT2D eigenvalue weighted by Gasteiger charge is -2.14. The zero-order valence-electron chi connectivity index (χ0n) is 14.8. The lowest BCUT2D eigenvalue weighted by Crippen LogP contribution is -2.28. The summed E-state index contributed by atoms with van der Waals surface area (Å²) in [5.41, 5.74) is 2.39. The summed E-state index contributed by atoms with van der Waals surface area (Å²) in [7, 11) is 1.52. The van der Waals surface area contributed by atoms with E-state index in [1.165, 1.54) is 13.3 Å². The molecule has 0 aromatic heterocycles. The summed E-state index contributed by atoms with van der Waals surface area (Å²) in [6.07, 6.45) is 1.36. The van der Waals surface area contributed by atoms with Gasteiger partial charge in [0.15, 0.2) is 0 Å². The quantitative estimate of drug-likeness (QED) is 0.586. The second-order valence-corrected chi connectivity index (χ2v) is 6.13. The van der Waals surface area contributed by atoms with Crippen LogP contribution in [0, 0.1) is 18.3 Å². The number of anilines is 1. The van der Waals surface area contributed by atoms with Crippen LogP contribution in [0.4, 0.5) is 5.69 Å². The maximum Gasteiger partial charge on any atom is 0.263 e. The van der Waals surface area contributed by atoms with Gasteiger partial charge in [-0.15, -0.1) is 0 Å². The summed E-state index contributed by atoms with van der Waals surface area (Å²) in [5.74, 6) is 0.0632. The number of hydrogen-bond donors (Lipinski definition) is 2. The molecular weight excluding hydrogens is 350 g/mol. The number of carbonyl (C=O) groups is 1. The van der Waals surface area contributed by atoms with E-state index in [-0.39, 0.29) is 11.6 Å². The third-order valence-corrected chi connectivity index (χ3v) is 4.27. The number of rotatable bonds is 6. The van der Waals surface area contributed by atoms with Crippen LogP contribution in [0.5, 0.6) is 5.75 Å². The van der Waals surface area contributed by atoms with Gasteiger partial charge in [-0.25, -0.2) is 0 Å². The van der Waals surface area contributed by atoms with E-state index in [1.807, 2.05) is 50.2 Å². The van der Waals surface area contributed by atoms with Gasteiger partial charge in [-0.1, -0.05) is 41.9 Å². The van der Waals surface area contributed by atoms with Gasteiger partial charge >= 0.3 is 0 Å². The SMILES string of the molecule is COc1cc(Cl)c(C)cc1N/C=C(/C#N)C(=O)NC(C)c1ccccc1. The summed E-state index contributed by atoms with van der Waals surface area (Å²) in [6, 6.07) is 14.7. The molecule has 0 heterocycles. The molecule has 0 aliphatic carbocycles. The highest BCUT2D eigenvalue weighted by molar-refractivity contribution is 6.31. The molecule has 1 unspecified atom stereocenters. The van der Waals surface area contributed by atoms with E-state index in [0.29, 0.717) is 16.5 Å². The molecule has 1 atom stereocenters. The van der Waals surface area contributed by atoms with Gasteiger partial charge in [-0.2, -0.15) is 5.26 Å². The molecule has 0 saturated heterocycles.